The monoisotopic (exact) mass is 570 g/mol. The fourth-order valence-electron chi connectivity index (χ4n) is 4.07. The maximum Gasteiger partial charge on any atom is 0.407 e. The highest BCUT2D eigenvalue weighted by Gasteiger charge is 2.32. The van der Waals surface area contributed by atoms with Gasteiger partial charge in [-0.25, -0.2) is 13.2 Å². The zero-order chi connectivity index (χ0) is 29.3. The van der Waals surface area contributed by atoms with E-state index in [0.29, 0.717) is 0 Å². The molecule has 1 amide bonds. The van der Waals surface area contributed by atoms with Gasteiger partial charge in [0, 0.05) is 19.2 Å². The summed E-state index contributed by atoms with van der Waals surface area (Å²) in [5.74, 6) is -0.137. The maximum atomic E-state index is 13.6. The first kappa shape index (κ1) is 30.5. The normalized spacial score (nSPS) is 13.1. The molecule has 3 aromatic rings. The smallest absolute Gasteiger partial charge is 0.407 e. The van der Waals surface area contributed by atoms with Gasteiger partial charge in [0.1, 0.15) is 12.3 Å². The number of nitrogens with two attached hydrogens (primary N) is 1. The third-order valence-electron chi connectivity index (χ3n) is 6.07. The van der Waals surface area contributed by atoms with E-state index in [9.17, 15) is 28.4 Å². The second-order valence-electron chi connectivity index (χ2n) is 9.76. The van der Waals surface area contributed by atoms with Gasteiger partial charge in [-0.3, -0.25) is 10.1 Å². The lowest BCUT2D eigenvalue weighted by Crippen LogP contribution is -2.51. The van der Waals surface area contributed by atoms with Gasteiger partial charge in [-0.05, 0) is 35.6 Å². The fourth-order valence-corrected chi connectivity index (χ4v) is 5.71. The van der Waals surface area contributed by atoms with Crippen LogP contribution in [0, 0.1) is 16.0 Å². The average molecular weight is 571 g/mol. The molecule has 11 nitrogen and oxygen atoms in total. The Morgan fingerprint density at radius 1 is 1.02 bits per heavy atom. The molecule has 3 rings (SSSR count). The lowest BCUT2D eigenvalue weighted by molar-refractivity contribution is -0.384. The number of benzene rings is 3. The van der Waals surface area contributed by atoms with Gasteiger partial charge in [0.2, 0.25) is 10.0 Å². The molecule has 0 unspecified atom stereocenters. The third-order valence-corrected chi connectivity index (χ3v) is 7.90. The Bertz CT molecular complexity index is 1390. The Kier molecular flexibility index (Phi) is 10.6. The van der Waals surface area contributed by atoms with Gasteiger partial charge >= 0.3 is 6.09 Å². The van der Waals surface area contributed by atoms with Crippen molar-refractivity contribution in [2.45, 2.75) is 43.9 Å². The summed E-state index contributed by atoms with van der Waals surface area (Å²) in [7, 11) is -4.28. The van der Waals surface area contributed by atoms with Gasteiger partial charge in [0.05, 0.1) is 22.0 Å². The molecule has 0 bridgehead atoms. The van der Waals surface area contributed by atoms with Crippen LogP contribution >= 0.6 is 0 Å². The molecule has 0 spiro atoms. The minimum absolute atomic E-state index is 0.0184. The number of nitrogens with zero attached hydrogens (tertiary/aromatic N) is 2. The number of hydrogen-bond donors (Lipinski definition) is 3. The zero-order valence-electron chi connectivity index (χ0n) is 22.3. The number of nitro benzene ring substituents is 1. The number of carbonyl (C=O) groups excluding carboxylic acids is 1. The lowest BCUT2D eigenvalue weighted by atomic mass is 10.0. The molecule has 0 heterocycles. The molecule has 0 radical (unpaired) electrons. The highest BCUT2D eigenvalue weighted by Crippen LogP contribution is 2.27. The summed E-state index contributed by atoms with van der Waals surface area (Å²) in [4.78, 5) is 23.0. The summed E-state index contributed by atoms with van der Waals surface area (Å²) in [6, 6.07) is 20.6. The number of aliphatic hydroxyl groups is 1. The number of hydrogen-bond acceptors (Lipinski definition) is 8. The first-order valence-corrected chi connectivity index (χ1v) is 14.1. The molecule has 0 fully saturated rings. The standard InChI is InChI=1S/C28H34N4O7S/c1-20(2)17-31(40(37,38)23-13-14-24(29)26(16-23)32(35)36)18-27(33)25(15-21-9-5-3-6-10-21)30-28(34)39-19-22-11-7-4-8-12-22/h3-14,16,20,25,27,33H,15,17-19,29H2,1-2H3,(H,30,34)/t25-,27+/m0/s1. The van der Waals surface area contributed by atoms with Crippen molar-refractivity contribution in [3.05, 3.63) is 100 Å². The molecule has 214 valence electrons. The van der Waals surface area contributed by atoms with Crippen molar-refractivity contribution in [1.82, 2.24) is 9.62 Å². The minimum Gasteiger partial charge on any atom is -0.445 e. The molecule has 0 aliphatic carbocycles. The van der Waals surface area contributed by atoms with Crippen LogP contribution in [-0.4, -0.2) is 54.1 Å². The quantitative estimate of drug-likeness (QED) is 0.159. The molecule has 0 saturated carbocycles. The number of sulfonamides is 1. The Morgan fingerprint density at radius 3 is 2.20 bits per heavy atom. The predicted octanol–water partition coefficient (Wildman–Crippen LogP) is 3.72. The molecule has 12 heteroatoms. The van der Waals surface area contributed by atoms with E-state index in [1.54, 1.807) is 26.0 Å². The first-order chi connectivity index (χ1) is 19.0. The SMILES string of the molecule is CC(C)CN(C[C@@H](O)[C@H](Cc1ccccc1)NC(=O)OCc1ccccc1)S(=O)(=O)c1ccc(N)c([N+](=O)[O-])c1. The molecule has 0 aromatic heterocycles. The van der Waals surface area contributed by atoms with Gasteiger partial charge in [-0.1, -0.05) is 74.5 Å². The molecule has 0 saturated heterocycles. The summed E-state index contributed by atoms with van der Waals surface area (Å²) < 4.78 is 33.6. The van der Waals surface area contributed by atoms with Crippen LogP contribution in [0.4, 0.5) is 16.2 Å². The predicted molar refractivity (Wildman–Crippen MR) is 151 cm³/mol. The number of nitro groups is 1. The van der Waals surface area contributed by atoms with Gasteiger partial charge in [-0.15, -0.1) is 0 Å². The number of alkyl carbamates (subject to hydrolysis) is 1. The van der Waals surface area contributed by atoms with Crippen molar-refractivity contribution < 1.29 is 28.0 Å². The van der Waals surface area contributed by atoms with Crippen LogP contribution in [0.2, 0.25) is 0 Å². The van der Waals surface area contributed by atoms with Crippen LogP contribution in [0.25, 0.3) is 0 Å². The van der Waals surface area contributed by atoms with Gasteiger partial charge < -0.3 is 20.9 Å². The molecular weight excluding hydrogens is 536 g/mol. The molecule has 3 aromatic carbocycles. The van der Waals surface area contributed by atoms with Crippen molar-refractivity contribution in [3.63, 3.8) is 0 Å². The van der Waals surface area contributed by atoms with Gasteiger partial charge in [-0.2, -0.15) is 4.31 Å². The van der Waals surface area contributed by atoms with Gasteiger partial charge in [0.25, 0.3) is 5.69 Å². The van der Waals surface area contributed by atoms with Crippen molar-refractivity contribution in [3.8, 4) is 0 Å². The molecular formula is C28H34N4O7S. The van der Waals surface area contributed by atoms with E-state index in [2.05, 4.69) is 5.32 Å². The van der Waals surface area contributed by atoms with Crippen LogP contribution in [0.3, 0.4) is 0 Å². The number of amides is 1. The van der Waals surface area contributed by atoms with E-state index in [0.717, 1.165) is 27.6 Å². The first-order valence-electron chi connectivity index (χ1n) is 12.7. The maximum absolute atomic E-state index is 13.6. The van der Waals surface area contributed by atoms with Crippen molar-refractivity contribution in [2.24, 2.45) is 5.92 Å². The van der Waals surface area contributed by atoms with Crippen LogP contribution in [0.5, 0.6) is 0 Å². The highest BCUT2D eigenvalue weighted by molar-refractivity contribution is 7.89. The molecule has 0 aliphatic heterocycles. The number of rotatable bonds is 13. The highest BCUT2D eigenvalue weighted by atomic mass is 32.2. The number of ether oxygens (including phenoxy) is 1. The molecule has 40 heavy (non-hydrogen) atoms. The zero-order valence-corrected chi connectivity index (χ0v) is 23.2. The van der Waals surface area contributed by atoms with E-state index < -0.39 is 38.9 Å². The van der Waals surface area contributed by atoms with Crippen LogP contribution in [0.1, 0.15) is 25.0 Å². The van der Waals surface area contributed by atoms with Crippen LogP contribution in [0.15, 0.2) is 83.8 Å². The summed E-state index contributed by atoms with van der Waals surface area (Å²) in [5.41, 5.74) is 6.54. The average Bonchev–Trinajstić information content (AvgIpc) is 2.92. The largest absolute Gasteiger partial charge is 0.445 e. The van der Waals surface area contributed by atoms with Crippen LogP contribution < -0.4 is 11.1 Å². The van der Waals surface area contributed by atoms with E-state index in [-0.39, 0.29) is 42.6 Å². The molecule has 0 aliphatic rings. The minimum atomic E-state index is -4.28. The Labute approximate surface area is 233 Å². The number of nitrogen functional groups attached to an aromatic ring is 1. The van der Waals surface area contributed by atoms with E-state index in [4.69, 9.17) is 10.5 Å². The number of nitrogens with one attached hydrogen (secondary N) is 1. The second kappa shape index (κ2) is 13.9. The van der Waals surface area contributed by atoms with E-state index in [1.165, 1.54) is 6.07 Å². The summed E-state index contributed by atoms with van der Waals surface area (Å²) >= 11 is 0. The molecule has 2 atom stereocenters. The Balaban J connectivity index is 1.84. The second-order valence-corrected chi connectivity index (χ2v) is 11.7. The Hall–Kier alpha value is -4.00. The van der Waals surface area contributed by atoms with Crippen molar-refractivity contribution in [2.75, 3.05) is 18.8 Å². The third kappa shape index (κ3) is 8.50. The summed E-state index contributed by atoms with van der Waals surface area (Å²) in [6.07, 6.45) is -1.91. The van der Waals surface area contributed by atoms with Gasteiger partial charge in [0.15, 0.2) is 0 Å². The number of anilines is 1. The van der Waals surface area contributed by atoms with E-state index >= 15 is 0 Å². The topological polar surface area (TPSA) is 165 Å². The Morgan fingerprint density at radius 2 is 1.62 bits per heavy atom. The lowest BCUT2D eigenvalue weighted by Gasteiger charge is -2.30. The van der Waals surface area contributed by atoms with E-state index in [1.807, 2.05) is 48.5 Å². The number of aliphatic hydroxyl groups excluding tert-OH is 1. The molecule has 4 N–H and O–H groups in total. The fraction of sp³-hybridized carbons (Fsp3) is 0.321. The number of carbonyl (C=O) groups is 1. The van der Waals surface area contributed by atoms with Crippen molar-refractivity contribution >= 4 is 27.5 Å². The summed E-state index contributed by atoms with van der Waals surface area (Å²) in [5, 5.41) is 25.3. The van der Waals surface area contributed by atoms with Crippen molar-refractivity contribution in [1.29, 1.82) is 0 Å². The summed E-state index contributed by atoms with van der Waals surface area (Å²) in [6.45, 7) is 3.27. The van der Waals surface area contributed by atoms with Crippen LogP contribution in [-0.2, 0) is 27.8 Å².